The van der Waals surface area contributed by atoms with E-state index < -0.39 is 0 Å². The Labute approximate surface area is 75.6 Å². The van der Waals surface area contributed by atoms with Crippen LogP contribution in [0.3, 0.4) is 0 Å². The third-order valence-corrected chi connectivity index (χ3v) is 1.99. The molecule has 0 aliphatic carbocycles. The van der Waals surface area contributed by atoms with Crippen LogP contribution in [0.25, 0.3) is 5.78 Å². The maximum absolute atomic E-state index is 5.85. The van der Waals surface area contributed by atoms with Gasteiger partial charge in [0.2, 0.25) is 0 Å². The fraction of sp³-hybridized carbons (Fsp3) is 0.375. The van der Waals surface area contributed by atoms with Gasteiger partial charge in [0.05, 0.1) is 6.04 Å². The lowest BCUT2D eigenvalue weighted by Gasteiger charge is -2.04. The molecule has 0 aromatic carbocycles. The van der Waals surface area contributed by atoms with Crippen molar-refractivity contribution in [2.75, 3.05) is 0 Å². The molecule has 2 heterocycles. The number of hydrogen-bond acceptors (Lipinski definition) is 4. The van der Waals surface area contributed by atoms with Gasteiger partial charge < -0.3 is 5.73 Å². The Balaban J connectivity index is 2.57. The smallest absolute Gasteiger partial charge is 0.254 e. The summed E-state index contributed by atoms with van der Waals surface area (Å²) < 4.78 is 1.81. The van der Waals surface area contributed by atoms with Gasteiger partial charge in [0.25, 0.3) is 5.78 Å². The van der Waals surface area contributed by atoms with Gasteiger partial charge >= 0.3 is 0 Å². The minimum absolute atomic E-state index is 0.0702. The first-order valence-corrected chi connectivity index (χ1v) is 4.24. The van der Waals surface area contributed by atoms with Crippen LogP contribution in [0.1, 0.15) is 25.2 Å². The Morgan fingerprint density at radius 3 is 3.15 bits per heavy atom. The van der Waals surface area contributed by atoms with E-state index in [4.69, 9.17) is 5.73 Å². The molecule has 0 aliphatic rings. The Morgan fingerprint density at radius 2 is 2.38 bits per heavy atom. The van der Waals surface area contributed by atoms with Crippen LogP contribution < -0.4 is 5.73 Å². The number of nitrogens with two attached hydrogens (primary N) is 1. The molecule has 2 N–H and O–H groups in total. The molecule has 0 bridgehead atoms. The molecular formula is C8H11N5. The van der Waals surface area contributed by atoms with Crippen molar-refractivity contribution in [3.63, 3.8) is 0 Å². The molecule has 2 aromatic rings. The predicted octanol–water partition coefficient (Wildman–Crippen LogP) is 0.534. The summed E-state index contributed by atoms with van der Waals surface area (Å²) in [6.07, 6.45) is 4.40. The highest BCUT2D eigenvalue weighted by molar-refractivity contribution is 5.26. The molecule has 68 valence electrons. The zero-order valence-corrected chi connectivity index (χ0v) is 7.38. The van der Waals surface area contributed by atoms with E-state index in [1.165, 1.54) is 0 Å². The first-order valence-electron chi connectivity index (χ1n) is 4.24. The Hall–Kier alpha value is -1.49. The van der Waals surface area contributed by atoms with E-state index >= 15 is 0 Å². The maximum atomic E-state index is 5.85. The second-order valence-electron chi connectivity index (χ2n) is 2.86. The van der Waals surface area contributed by atoms with Gasteiger partial charge in [0.1, 0.15) is 0 Å². The maximum Gasteiger partial charge on any atom is 0.254 e. The fourth-order valence-corrected chi connectivity index (χ4v) is 1.20. The van der Waals surface area contributed by atoms with Gasteiger partial charge in [-0.2, -0.15) is 0 Å². The van der Waals surface area contributed by atoms with Gasteiger partial charge in [-0.05, 0) is 12.5 Å². The van der Waals surface area contributed by atoms with Crippen molar-refractivity contribution in [1.29, 1.82) is 0 Å². The highest BCUT2D eigenvalue weighted by atomic mass is 15.3. The van der Waals surface area contributed by atoms with E-state index in [-0.39, 0.29) is 6.04 Å². The second-order valence-corrected chi connectivity index (χ2v) is 2.86. The first kappa shape index (κ1) is 8.12. The van der Waals surface area contributed by atoms with Gasteiger partial charge in [-0.3, -0.25) is 4.40 Å². The van der Waals surface area contributed by atoms with Crippen molar-refractivity contribution >= 4 is 5.78 Å². The van der Waals surface area contributed by atoms with E-state index in [1.54, 1.807) is 6.20 Å². The zero-order valence-electron chi connectivity index (χ0n) is 7.38. The van der Waals surface area contributed by atoms with Gasteiger partial charge in [-0.15, -0.1) is 10.2 Å². The van der Waals surface area contributed by atoms with Crippen LogP contribution in [-0.2, 0) is 0 Å². The number of rotatable bonds is 2. The molecule has 0 spiro atoms. The number of fused-ring (bicyclic) bond motifs is 1. The average molecular weight is 177 g/mol. The van der Waals surface area contributed by atoms with Crippen molar-refractivity contribution in [3.8, 4) is 0 Å². The minimum Gasteiger partial charge on any atom is -0.321 e. The predicted molar refractivity (Wildman–Crippen MR) is 48.0 cm³/mol. The van der Waals surface area contributed by atoms with Crippen molar-refractivity contribution in [2.24, 2.45) is 5.73 Å². The fourth-order valence-electron chi connectivity index (χ4n) is 1.20. The summed E-state index contributed by atoms with van der Waals surface area (Å²) in [6, 6.07) is 1.77. The Morgan fingerprint density at radius 1 is 1.54 bits per heavy atom. The van der Waals surface area contributed by atoms with Crippen LogP contribution in [-0.4, -0.2) is 19.6 Å². The van der Waals surface area contributed by atoms with E-state index in [1.807, 2.05) is 23.6 Å². The van der Waals surface area contributed by atoms with Crippen LogP contribution in [0.2, 0.25) is 0 Å². The molecule has 1 atom stereocenters. The summed E-state index contributed by atoms with van der Waals surface area (Å²) in [4.78, 5) is 4.05. The third kappa shape index (κ3) is 1.27. The summed E-state index contributed by atoms with van der Waals surface area (Å²) in [7, 11) is 0. The molecule has 5 nitrogen and oxygen atoms in total. The number of hydrogen-bond donors (Lipinski definition) is 1. The quantitative estimate of drug-likeness (QED) is 0.726. The van der Waals surface area contributed by atoms with Crippen LogP contribution in [0.4, 0.5) is 0 Å². The summed E-state index contributed by atoms with van der Waals surface area (Å²) in [5, 5.41) is 7.90. The molecule has 1 unspecified atom stereocenters. The second kappa shape index (κ2) is 3.10. The minimum atomic E-state index is -0.0702. The Kier molecular flexibility index (Phi) is 1.94. The van der Waals surface area contributed by atoms with Crippen molar-refractivity contribution in [3.05, 3.63) is 24.3 Å². The van der Waals surface area contributed by atoms with E-state index in [0.29, 0.717) is 5.78 Å². The first-order chi connectivity index (χ1) is 6.33. The van der Waals surface area contributed by atoms with Crippen molar-refractivity contribution in [2.45, 2.75) is 19.4 Å². The SMILES string of the molecule is CCC(N)c1nnc2ncccn12. The van der Waals surface area contributed by atoms with Crippen LogP contribution in [0, 0.1) is 0 Å². The summed E-state index contributed by atoms with van der Waals surface area (Å²) in [6.45, 7) is 2.02. The molecule has 13 heavy (non-hydrogen) atoms. The molecule has 0 saturated carbocycles. The lowest BCUT2D eigenvalue weighted by Crippen LogP contribution is -2.12. The molecule has 0 aliphatic heterocycles. The number of aromatic nitrogens is 4. The van der Waals surface area contributed by atoms with Crippen LogP contribution in [0.5, 0.6) is 0 Å². The van der Waals surface area contributed by atoms with Gasteiger partial charge in [0, 0.05) is 12.4 Å². The Bertz CT molecular complexity index is 408. The molecule has 0 saturated heterocycles. The van der Waals surface area contributed by atoms with Crippen molar-refractivity contribution < 1.29 is 0 Å². The van der Waals surface area contributed by atoms with Crippen LogP contribution >= 0.6 is 0 Å². The molecule has 2 aromatic heterocycles. The molecule has 0 fully saturated rings. The highest BCUT2D eigenvalue weighted by Gasteiger charge is 2.11. The third-order valence-electron chi connectivity index (χ3n) is 1.99. The van der Waals surface area contributed by atoms with E-state index in [2.05, 4.69) is 15.2 Å². The molecule has 5 heteroatoms. The van der Waals surface area contributed by atoms with Gasteiger partial charge in [-0.25, -0.2) is 4.98 Å². The van der Waals surface area contributed by atoms with Crippen molar-refractivity contribution in [1.82, 2.24) is 19.6 Å². The monoisotopic (exact) mass is 177 g/mol. The highest BCUT2D eigenvalue weighted by Crippen LogP contribution is 2.10. The molecule has 0 amide bonds. The van der Waals surface area contributed by atoms with Gasteiger partial charge in [-0.1, -0.05) is 6.92 Å². The van der Waals surface area contributed by atoms with Gasteiger partial charge in [0.15, 0.2) is 5.82 Å². The lowest BCUT2D eigenvalue weighted by atomic mass is 10.2. The zero-order chi connectivity index (χ0) is 9.26. The summed E-state index contributed by atoms with van der Waals surface area (Å²) in [5.74, 6) is 1.37. The average Bonchev–Trinajstić information content (AvgIpc) is 2.60. The normalized spacial score (nSPS) is 13.4. The standard InChI is InChI=1S/C8H11N5/c1-2-6(9)7-11-12-8-10-4-3-5-13(7)8/h3-6H,2,9H2,1H3. The van der Waals surface area contributed by atoms with Crippen LogP contribution in [0.15, 0.2) is 18.5 Å². The molecular weight excluding hydrogens is 166 g/mol. The lowest BCUT2D eigenvalue weighted by molar-refractivity contribution is 0.640. The van der Waals surface area contributed by atoms with E-state index in [0.717, 1.165) is 12.2 Å². The topological polar surface area (TPSA) is 69.1 Å². The summed E-state index contributed by atoms with van der Waals surface area (Å²) in [5.41, 5.74) is 5.85. The largest absolute Gasteiger partial charge is 0.321 e. The molecule has 2 rings (SSSR count). The van der Waals surface area contributed by atoms with E-state index in [9.17, 15) is 0 Å². The summed E-state index contributed by atoms with van der Waals surface area (Å²) >= 11 is 0. The molecule has 0 radical (unpaired) electrons. The number of nitrogens with zero attached hydrogens (tertiary/aromatic N) is 4.